The lowest BCUT2D eigenvalue weighted by atomic mass is 9.93. The van der Waals surface area contributed by atoms with Gasteiger partial charge in [0, 0.05) is 32.7 Å². The standard InChI is InChI=1S/C10H17N3O3/c1-2-15-10(3-5-14-6-4-10)9-12-8(7-11)16-13-9/h2-7,11H2,1H3. The molecule has 1 aliphatic rings. The van der Waals surface area contributed by atoms with Gasteiger partial charge in [-0.3, -0.25) is 0 Å². The van der Waals surface area contributed by atoms with E-state index in [4.69, 9.17) is 19.7 Å². The maximum absolute atomic E-state index is 5.81. The molecule has 0 spiro atoms. The van der Waals surface area contributed by atoms with Gasteiger partial charge in [-0.15, -0.1) is 0 Å². The van der Waals surface area contributed by atoms with E-state index in [-0.39, 0.29) is 6.54 Å². The number of aromatic nitrogens is 2. The zero-order valence-corrected chi connectivity index (χ0v) is 9.44. The second kappa shape index (κ2) is 4.90. The Balaban J connectivity index is 2.23. The van der Waals surface area contributed by atoms with Crippen molar-refractivity contribution >= 4 is 0 Å². The Bertz CT molecular complexity index is 328. The normalized spacial score (nSPS) is 19.9. The predicted octanol–water partition coefficient (Wildman–Crippen LogP) is 0.570. The van der Waals surface area contributed by atoms with Gasteiger partial charge in [-0.1, -0.05) is 5.16 Å². The van der Waals surface area contributed by atoms with Crippen molar-refractivity contribution in [3.05, 3.63) is 11.7 Å². The zero-order chi connectivity index (χ0) is 11.4. The van der Waals surface area contributed by atoms with Gasteiger partial charge in [0.2, 0.25) is 11.7 Å². The molecule has 1 aromatic rings. The summed E-state index contributed by atoms with van der Waals surface area (Å²) in [5, 5.41) is 3.95. The first-order valence-electron chi connectivity index (χ1n) is 5.55. The number of rotatable bonds is 4. The fourth-order valence-electron chi connectivity index (χ4n) is 1.93. The van der Waals surface area contributed by atoms with E-state index in [2.05, 4.69) is 10.1 Å². The van der Waals surface area contributed by atoms with Crippen LogP contribution in [0.15, 0.2) is 4.52 Å². The molecule has 0 saturated carbocycles. The Morgan fingerprint density at radius 3 is 2.75 bits per heavy atom. The van der Waals surface area contributed by atoms with E-state index in [9.17, 15) is 0 Å². The van der Waals surface area contributed by atoms with Crippen LogP contribution in [0.3, 0.4) is 0 Å². The molecule has 0 unspecified atom stereocenters. The molecule has 1 fully saturated rings. The van der Waals surface area contributed by atoms with Gasteiger partial charge in [-0.05, 0) is 6.92 Å². The average molecular weight is 227 g/mol. The van der Waals surface area contributed by atoms with E-state index in [1.54, 1.807) is 0 Å². The first-order valence-corrected chi connectivity index (χ1v) is 5.55. The van der Waals surface area contributed by atoms with Crippen LogP contribution in [0.25, 0.3) is 0 Å². The van der Waals surface area contributed by atoms with Crippen molar-refractivity contribution in [1.82, 2.24) is 10.1 Å². The van der Waals surface area contributed by atoms with Crippen LogP contribution in [-0.2, 0) is 21.6 Å². The van der Waals surface area contributed by atoms with E-state index < -0.39 is 5.60 Å². The van der Waals surface area contributed by atoms with Crippen LogP contribution >= 0.6 is 0 Å². The molecule has 1 aromatic heterocycles. The summed E-state index contributed by atoms with van der Waals surface area (Å²) in [5.41, 5.74) is 4.99. The molecule has 0 radical (unpaired) electrons. The Kier molecular flexibility index (Phi) is 3.52. The summed E-state index contributed by atoms with van der Waals surface area (Å²) in [5.74, 6) is 1.04. The summed E-state index contributed by atoms with van der Waals surface area (Å²) in [6.45, 7) is 4.15. The number of hydrogen-bond donors (Lipinski definition) is 1. The Morgan fingerprint density at radius 1 is 1.44 bits per heavy atom. The predicted molar refractivity (Wildman–Crippen MR) is 55.5 cm³/mol. The van der Waals surface area contributed by atoms with E-state index in [1.807, 2.05) is 6.92 Å². The summed E-state index contributed by atoms with van der Waals surface area (Å²) in [7, 11) is 0. The van der Waals surface area contributed by atoms with Gasteiger partial charge in [0.15, 0.2) is 0 Å². The van der Waals surface area contributed by atoms with Gasteiger partial charge in [-0.2, -0.15) is 4.98 Å². The molecule has 0 amide bonds. The first-order chi connectivity index (χ1) is 7.80. The lowest BCUT2D eigenvalue weighted by molar-refractivity contribution is -0.118. The van der Waals surface area contributed by atoms with Gasteiger partial charge < -0.3 is 19.7 Å². The van der Waals surface area contributed by atoms with Crippen molar-refractivity contribution in [2.45, 2.75) is 31.9 Å². The van der Waals surface area contributed by atoms with Crippen LogP contribution in [0.1, 0.15) is 31.5 Å². The van der Waals surface area contributed by atoms with E-state index in [0.717, 1.165) is 12.8 Å². The highest BCUT2D eigenvalue weighted by molar-refractivity contribution is 5.03. The average Bonchev–Trinajstić information content (AvgIpc) is 2.80. The molecule has 0 aliphatic carbocycles. The molecule has 0 atom stereocenters. The number of ether oxygens (including phenoxy) is 2. The molecular formula is C10H17N3O3. The monoisotopic (exact) mass is 227 g/mol. The largest absolute Gasteiger partial charge is 0.381 e. The van der Waals surface area contributed by atoms with Crippen LogP contribution in [-0.4, -0.2) is 30.0 Å². The van der Waals surface area contributed by atoms with E-state index in [0.29, 0.717) is 31.5 Å². The molecule has 1 aliphatic heterocycles. The molecule has 2 N–H and O–H groups in total. The highest BCUT2D eigenvalue weighted by Gasteiger charge is 2.39. The summed E-state index contributed by atoms with van der Waals surface area (Å²) >= 11 is 0. The summed E-state index contributed by atoms with van der Waals surface area (Å²) in [4.78, 5) is 4.26. The summed E-state index contributed by atoms with van der Waals surface area (Å²) < 4.78 is 16.2. The molecule has 16 heavy (non-hydrogen) atoms. The van der Waals surface area contributed by atoms with Crippen molar-refractivity contribution in [2.75, 3.05) is 19.8 Å². The molecular weight excluding hydrogens is 210 g/mol. The molecule has 2 heterocycles. The lowest BCUT2D eigenvalue weighted by Gasteiger charge is -2.33. The lowest BCUT2D eigenvalue weighted by Crippen LogP contribution is -2.37. The van der Waals surface area contributed by atoms with Crippen molar-refractivity contribution in [1.29, 1.82) is 0 Å². The van der Waals surface area contributed by atoms with Gasteiger partial charge in [0.25, 0.3) is 0 Å². The quantitative estimate of drug-likeness (QED) is 0.809. The van der Waals surface area contributed by atoms with Crippen molar-refractivity contribution in [3.8, 4) is 0 Å². The number of hydrogen-bond acceptors (Lipinski definition) is 6. The smallest absolute Gasteiger partial charge is 0.240 e. The van der Waals surface area contributed by atoms with Crippen LogP contribution < -0.4 is 5.73 Å². The van der Waals surface area contributed by atoms with E-state index >= 15 is 0 Å². The Morgan fingerprint density at radius 2 is 2.19 bits per heavy atom. The Hall–Kier alpha value is -0.980. The number of nitrogens with two attached hydrogens (primary N) is 1. The van der Waals surface area contributed by atoms with Crippen LogP contribution in [0.2, 0.25) is 0 Å². The van der Waals surface area contributed by atoms with Crippen LogP contribution in [0, 0.1) is 0 Å². The highest BCUT2D eigenvalue weighted by atomic mass is 16.5. The molecule has 1 saturated heterocycles. The zero-order valence-electron chi connectivity index (χ0n) is 9.44. The third-order valence-corrected chi connectivity index (χ3v) is 2.77. The van der Waals surface area contributed by atoms with Gasteiger partial charge in [0.1, 0.15) is 5.60 Å². The minimum absolute atomic E-state index is 0.256. The maximum atomic E-state index is 5.81. The summed E-state index contributed by atoms with van der Waals surface area (Å²) in [6, 6.07) is 0. The molecule has 2 rings (SSSR count). The third-order valence-electron chi connectivity index (χ3n) is 2.77. The molecule has 6 heteroatoms. The first kappa shape index (κ1) is 11.5. The van der Waals surface area contributed by atoms with Crippen molar-refractivity contribution in [3.63, 3.8) is 0 Å². The van der Waals surface area contributed by atoms with Gasteiger partial charge >= 0.3 is 0 Å². The fraction of sp³-hybridized carbons (Fsp3) is 0.800. The molecule has 0 bridgehead atoms. The fourth-order valence-corrected chi connectivity index (χ4v) is 1.93. The van der Waals surface area contributed by atoms with Crippen LogP contribution in [0.5, 0.6) is 0 Å². The second-order valence-corrected chi connectivity index (χ2v) is 3.76. The van der Waals surface area contributed by atoms with Gasteiger partial charge in [-0.25, -0.2) is 0 Å². The molecule has 0 aromatic carbocycles. The van der Waals surface area contributed by atoms with Crippen molar-refractivity contribution in [2.24, 2.45) is 5.73 Å². The molecule has 90 valence electrons. The minimum atomic E-state index is -0.454. The highest BCUT2D eigenvalue weighted by Crippen LogP contribution is 2.34. The van der Waals surface area contributed by atoms with Crippen molar-refractivity contribution < 1.29 is 14.0 Å². The third kappa shape index (κ3) is 2.09. The second-order valence-electron chi connectivity index (χ2n) is 3.76. The van der Waals surface area contributed by atoms with E-state index in [1.165, 1.54) is 0 Å². The maximum Gasteiger partial charge on any atom is 0.240 e. The Labute approximate surface area is 94.1 Å². The summed E-state index contributed by atoms with van der Waals surface area (Å²) in [6.07, 6.45) is 1.51. The van der Waals surface area contributed by atoms with Gasteiger partial charge in [0.05, 0.1) is 6.54 Å². The van der Waals surface area contributed by atoms with Crippen LogP contribution in [0.4, 0.5) is 0 Å². The number of nitrogens with zero attached hydrogens (tertiary/aromatic N) is 2. The molecule has 6 nitrogen and oxygen atoms in total. The topological polar surface area (TPSA) is 83.4 Å². The minimum Gasteiger partial charge on any atom is -0.381 e. The SMILES string of the molecule is CCOC1(c2noc(CN)n2)CCOCC1.